The van der Waals surface area contributed by atoms with Gasteiger partial charge >= 0.3 is 6.09 Å². The van der Waals surface area contributed by atoms with Crippen LogP contribution in [0.4, 0.5) is 9.18 Å². The molecular weight excluding hydrogens is 185 g/mol. The minimum absolute atomic E-state index is 0.224. The smallest absolute Gasteiger partial charge is 0.407 e. The summed E-state index contributed by atoms with van der Waals surface area (Å²) in [6, 6.07) is 4.68. The fourth-order valence-electron chi connectivity index (χ4n) is 1.39. The minimum Gasteiger partial charge on any atom is -0.447 e. The Morgan fingerprint density at radius 2 is 2.36 bits per heavy atom. The van der Waals surface area contributed by atoms with Gasteiger partial charge in [-0.25, -0.2) is 9.18 Å². The van der Waals surface area contributed by atoms with Crippen molar-refractivity contribution >= 4 is 6.09 Å². The summed E-state index contributed by atoms with van der Waals surface area (Å²) in [7, 11) is 0. The Morgan fingerprint density at radius 3 is 2.93 bits per heavy atom. The number of benzene rings is 1. The molecule has 1 heterocycles. The normalized spacial score (nSPS) is 20.4. The third-order valence-electron chi connectivity index (χ3n) is 2.27. The first kappa shape index (κ1) is 8.99. The molecule has 0 aliphatic carbocycles. The molecule has 1 saturated heterocycles. The number of halogens is 1. The number of rotatable bonds is 1. The Balaban J connectivity index is 2.24. The third-order valence-corrected chi connectivity index (χ3v) is 2.27. The molecule has 1 N–H and O–H groups in total. The van der Waals surface area contributed by atoms with Gasteiger partial charge in [0.15, 0.2) is 0 Å². The highest BCUT2D eigenvalue weighted by Crippen LogP contribution is 2.20. The van der Waals surface area contributed by atoms with Crippen molar-refractivity contribution in [1.82, 2.24) is 5.32 Å². The van der Waals surface area contributed by atoms with Gasteiger partial charge in [0.1, 0.15) is 12.4 Å². The van der Waals surface area contributed by atoms with E-state index in [2.05, 4.69) is 5.32 Å². The molecule has 1 fully saturated rings. The number of carbonyl (C=O) groups is 1. The molecule has 0 bridgehead atoms. The van der Waals surface area contributed by atoms with E-state index in [0.717, 1.165) is 5.56 Å². The topological polar surface area (TPSA) is 38.3 Å². The van der Waals surface area contributed by atoms with Crippen molar-refractivity contribution in [2.45, 2.75) is 13.0 Å². The average molecular weight is 195 g/mol. The van der Waals surface area contributed by atoms with E-state index in [1.807, 2.05) is 0 Å². The molecule has 0 radical (unpaired) electrons. The summed E-state index contributed by atoms with van der Waals surface area (Å²) in [6.07, 6.45) is -0.448. The van der Waals surface area contributed by atoms with Crippen LogP contribution in [0.5, 0.6) is 0 Å². The zero-order valence-electron chi connectivity index (χ0n) is 7.71. The van der Waals surface area contributed by atoms with Gasteiger partial charge in [-0.3, -0.25) is 0 Å². The number of amides is 1. The maximum Gasteiger partial charge on any atom is 0.407 e. The standard InChI is InChI=1S/C10H10FNO2/c1-6-2-3-7(4-8(6)11)9-5-14-10(13)12-9/h2-4,9H,5H2,1H3,(H,12,13)/t9-/m0/s1. The van der Waals surface area contributed by atoms with Crippen LogP contribution < -0.4 is 5.32 Å². The molecule has 14 heavy (non-hydrogen) atoms. The highest BCUT2D eigenvalue weighted by atomic mass is 19.1. The predicted octanol–water partition coefficient (Wildman–Crippen LogP) is 1.92. The summed E-state index contributed by atoms with van der Waals surface area (Å²) >= 11 is 0. The quantitative estimate of drug-likeness (QED) is 0.743. The van der Waals surface area contributed by atoms with Gasteiger partial charge in [-0.1, -0.05) is 12.1 Å². The fraction of sp³-hybridized carbons (Fsp3) is 0.300. The van der Waals surface area contributed by atoms with Crippen LogP contribution in [-0.4, -0.2) is 12.7 Å². The summed E-state index contributed by atoms with van der Waals surface area (Å²) in [5.74, 6) is -0.261. The van der Waals surface area contributed by atoms with Crippen LogP contribution in [0.25, 0.3) is 0 Å². The van der Waals surface area contributed by atoms with Gasteiger partial charge in [0, 0.05) is 0 Å². The molecule has 1 aromatic rings. The lowest BCUT2D eigenvalue weighted by molar-refractivity contribution is 0.177. The van der Waals surface area contributed by atoms with E-state index in [1.54, 1.807) is 19.1 Å². The van der Waals surface area contributed by atoms with Crippen LogP contribution in [0.15, 0.2) is 18.2 Å². The van der Waals surface area contributed by atoms with E-state index < -0.39 is 6.09 Å². The fourth-order valence-corrected chi connectivity index (χ4v) is 1.39. The van der Waals surface area contributed by atoms with Crippen LogP contribution in [0.1, 0.15) is 17.2 Å². The van der Waals surface area contributed by atoms with Gasteiger partial charge in [0.05, 0.1) is 6.04 Å². The molecular formula is C10H10FNO2. The number of ether oxygens (including phenoxy) is 1. The molecule has 0 aromatic heterocycles. The predicted molar refractivity (Wildman–Crippen MR) is 48.4 cm³/mol. The second-order valence-electron chi connectivity index (χ2n) is 3.30. The molecule has 74 valence electrons. The van der Waals surface area contributed by atoms with Crippen LogP contribution in [0.2, 0.25) is 0 Å². The lowest BCUT2D eigenvalue weighted by atomic mass is 10.1. The Morgan fingerprint density at radius 1 is 1.57 bits per heavy atom. The first-order chi connectivity index (χ1) is 6.66. The molecule has 0 unspecified atom stereocenters. The summed E-state index contributed by atoms with van der Waals surface area (Å²) < 4.78 is 17.9. The molecule has 1 atom stereocenters. The van der Waals surface area contributed by atoms with Crippen molar-refractivity contribution in [2.75, 3.05) is 6.61 Å². The van der Waals surface area contributed by atoms with Gasteiger partial charge in [0.2, 0.25) is 0 Å². The molecule has 1 amide bonds. The number of aryl methyl sites for hydroxylation is 1. The van der Waals surface area contributed by atoms with Crippen molar-refractivity contribution in [2.24, 2.45) is 0 Å². The maximum absolute atomic E-state index is 13.2. The first-order valence-electron chi connectivity index (χ1n) is 4.36. The largest absolute Gasteiger partial charge is 0.447 e. The molecule has 1 aromatic carbocycles. The number of alkyl carbamates (subject to hydrolysis) is 1. The van der Waals surface area contributed by atoms with Crippen LogP contribution >= 0.6 is 0 Å². The van der Waals surface area contributed by atoms with E-state index >= 15 is 0 Å². The van der Waals surface area contributed by atoms with Crippen molar-refractivity contribution in [3.63, 3.8) is 0 Å². The average Bonchev–Trinajstić information content (AvgIpc) is 2.57. The van der Waals surface area contributed by atoms with E-state index in [1.165, 1.54) is 6.07 Å². The second kappa shape index (κ2) is 3.29. The van der Waals surface area contributed by atoms with Crippen LogP contribution in [0.3, 0.4) is 0 Å². The monoisotopic (exact) mass is 195 g/mol. The number of carbonyl (C=O) groups excluding carboxylic acids is 1. The van der Waals surface area contributed by atoms with E-state index in [9.17, 15) is 9.18 Å². The molecule has 3 nitrogen and oxygen atoms in total. The summed E-state index contributed by atoms with van der Waals surface area (Å²) in [5.41, 5.74) is 1.33. The molecule has 0 spiro atoms. The lowest BCUT2D eigenvalue weighted by Gasteiger charge is -2.08. The minimum atomic E-state index is -0.448. The van der Waals surface area contributed by atoms with Crippen LogP contribution in [-0.2, 0) is 4.74 Å². The third kappa shape index (κ3) is 1.55. The van der Waals surface area contributed by atoms with Gasteiger partial charge in [-0.05, 0) is 24.1 Å². The second-order valence-corrected chi connectivity index (χ2v) is 3.30. The highest BCUT2D eigenvalue weighted by molar-refractivity contribution is 5.70. The molecule has 1 aliphatic heterocycles. The number of nitrogens with one attached hydrogen (secondary N) is 1. The van der Waals surface area contributed by atoms with E-state index in [0.29, 0.717) is 5.56 Å². The van der Waals surface area contributed by atoms with E-state index in [-0.39, 0.29) is 18.5 Å². The van der Waals surface area contributed by atoms with Crippen molar-refractivity contribution in [3.05, 3.63) is 35.1 Å². The van der Waals surface area contributed by atoms with Gasteiger partial charge in [-0.15, -0.1) is 0 Å². The van der Waals surface area contributed by atoms with Crippen molar-refractivity contribution in [3.8, 4) is 0 Å². The number of cyclic esters (lactones) is 1. The summed E-state index contributed by atoms with van der Waals surface area (Å²) in [6.45, 7) is 1.96. The van der Waals surface area contributed by atoms with E-state index in [4.69, 9.17) is 4.74 Å². The van der Waals surface area contributed by atoms with Crippen LogP contribution in [0, 0.1) is 12.7 Å². The van der Waals surface area contributed by atoms with Crippen molar-refractivity contribution < 1.29 is 13.9 Å². The summed E-state index contributed by atoms with van der Waals surface area (Å²) in [4.78, 5) is 10.8. The molecule has 2 rings (SSSR count). The Hall–Kier alpha value is -1.58. The molecule has 0 saturated carbocycles. The first-order valence-corrected chi connectivity index (χ1v) is 4.36. The summed E-state index contributed by atoms with van der Waals surface area (Å²) in [5, 5.41) is 2.59. The Labute approximate surface area is 80.9 Å². The van der Waals surface area contributed by atoms with Gasteiger partial charge in [0.25, 0.3) is 0 Å². The Bertz CT molecular complexity index is 378. The maximum atomic E-state index is 13.2. The van der Waals surface area contributed by atoms with Crippen molar-refractivity contribution in [1.29, 1.82) is 0 Å². The molecule has 1 aliphatic rings. The zero-order valence-corrected chi connectivity index (χ0v) is 7.71. The lowest BCUT2D eigenvalue weighted by Crippen LogP contribution is -2.18. The highest BCUT2D eigenvalue weighted by Gasteiger charge is 2.23. The van der Waals surface area contributed by atoms with Gasteiger partial charge < -0.3 is 10.1 Å². The Kier molecular flexibility index (Phi) is 2.11. The van der Waals surface area contributed by atoms with Gasteiger partial charge in [-0.2, -0.15) is 0 Å². The molecule has 4 heteroatoms. The number of hydrogen-bond donors (Lipinski definition) is 1. The SMILES string of the molecule is Cc1ccc([C@@H]2COC(=O)N2)cc1F. The number of hydrogen-bond acceptors (Lipinski definition) is 2. The zero-order chi connectivity index (χ0) is 10.1.